The summed E-state index contributed by atoms with van der Waals surface area (Å²) in [6.45, 7) is 1.50. The molecule has 1 N–H and O–H groups in total. The lowest BCUT2D eigenvalue weighted by atomic mass is 10.1. The number of thiophene rings is 1. The summed E-state index contributed by atoms with van der Waals surface area (Å²) in [7, 11) is 0. The van der Waals surface area contributed by atoms with Crippen LogP contribution in [0.2, 0.25) is 0 Å². The van der Waals surface area contributed by atoms with Gasteiger partial charge in [0.15, 0.2) is 0 Å². The first-order valence-electron chi connectivity index (χ1n) is 3.49. The van der Waals surface area contributed by atoms with Crippen LogP contribution in [-0.2, 0) is 4.79 Å². The fourth-order valence-corrected chi connectivity index (χ4v) is 1.66. The molecule has 13 heavy (non-hydrogen) atoms. The van der Waals surface area contributed by atoms with Crippen molar-refractivity contribution in [3.8, 4) is 0 Å². The first kappa shape index (κ1) is 9.66. The summed E-state index contributed by atoms with van der Waals surface area (Å²) < 4.78 is 0. The SMILES string of the molecule is CC(C(=O)O)c1ccc([N+](=O)[O-])s1. The molecule has 0 spiro atoms. The Morgan fingerprint density at radius 1 is 1.69 bits per heavy atom. The van der Waals surface area contributed by atoms with Gasteiger partial charge in [0.05, 0.1) is 10.8 Å². The summed E-state index contributed by atoms with van der Waals surface area (Å²) in [5.74, 6) is -1.66. The van der Waals surface area contributed by atoms with Crippen molar-refractivity contribution >= 4 is 22.3 Å². The molecule has 6 heteroatoms. The van der Waals surface area contributed by atoms with Gasteiger partial charge in [-0.25, -0.2) is 0 Å². The molecule has 0 saturated carbocycles. The number of hydrogen-bond acceptors (Lipinski definition) is 4. The molecule has 0 amide bonds. The van der Waals surface area contributed by atoms with Gasteiger partial charge >= 0.3 is 11.0 Å². The molecule has 0 fully saturated rings. The van der Waals surface area contributed by atoms with E-state index in [0.29, 0.717) is 4.88 Å². The van der Waals surface area contributed by atoms with Crippen molar-refractivity contribution in [2.24, 2.45) is 0 Å². The number of nitro groups is 1. The summed E-state index contributed by atoms with van der Waals surface area (Å²) in [4.78, 5) is 20.8. The quantitative estimate of drug-likeness (QED) is 0.597. The van der Waals surface area contributed by atoms with Gasteiger partial charge in [-0.15, -0.1) is 0 Å². The lowest BCUT2D eigenvalue weighted by Gasteiger charge is -1.99. The lowest BCUT2D eigenvalue weighted by molar-refractivity contribution is -0.380. The maximum absolute atomic E-state index is 10.5. The highest BCUT2D eigenvalue weighted by molar-refractivity contribution is 7.15. The highest BCUT2D eigenvalue weighted by atomic mass is 32.1. The predicted octanol–water partition coefficient (Wildman–Crippen LogP) is 1.84. The molecule has 1 aromatic heterocycles. The zero-order valence-corrected chi connectivity index (χ0v) is 7.58. The molecule has 0 aliphatic carbocycles. The lowest BCUT2D eigenvalue weighted by Crippen LogP contribution is -2.04. The molecule has 0 aliphatic rings. The first-order chi connectivity index (χ1) is 6.02. The number of carboxylic acids is 1. The van der Waals surface area contributed by atoms with Crippen molar-refractivity contribution in [1.29, 1.82) is 0 Å². The maximum Gasteiger partial charge on any atom is 0.324 e. The van der Waals surface area contributed by atoms with Gasteiger partial charge < -0.3 is 5.11 Å². The third-order valence-electron chi connectivity index (χ3n) is 1.59. The molecule has 1 rings (SSSR count). The number of hydrogen-bond donors (Lipinski definition) is 1. The Bertz CT molecular complexity index is 346. The van der Waals surface area contributed by atoms with E-state index in [1.165, 1.54) is 19.1 Å². The summed E-state index contributed by atoms with van der Waals surface area (Å²) in [6.07, 6.45) is 0. The number of carbonyl (C=O) groups is 1. The Morgan fingerprint density at radius 3 is 2.69 bits per heavy atom. The van der Waals surface area contributed by atoms with Crippen LogP contribution in [0.3, 0.4) is 0 Å². The minimum Gasteiger partial charge on any atom is -0.481 e. The molecule has 1 heterocycles. The second-order valence-electron chi connectivity index (χ2n) is 2.49. The number of rotatable bonds is 3. The molecule has 0 aromatic carbocycles. The molecule has 5 nitrogen and oxygen atoms in total. The average Bonchev–Trinajstić information content (AvgIpc) is 2.50. The summed E-state index contributed by atoms with van der Waals surface area (Å²) in [5, 5.41) is 18.9. The Labute approximate surface area is 77.8 Å². The van der Waals surface area contributed by atoms with E-state index in [9.17, 15) is 14.9 Å². The number of nitrogens with zero attached hydrogens (tertiary/aromatic N) is 1. The van der Waals surface area contributed by atoms with E-state index in [2.05, 4.69) is 0 Å². The number of aliphatic carboxylic acids is 1. The molecule has 70 valence electrons. The smallest absolute Gasteiger partial charge is 0.324 e. The molecule has 1 atom stereocenters. The van der Waals surface area contributed by atoms with Gasteiger partial charge in [0, 0.05) is 10.9 Å². The first-order valence-corrected chi connectivity index (χ1v) is 4.31. The van der Waals surface area contributed by atoms with Crippen LogP contribution in [0, 0.1) is 10.1 Å². The summed E-state index contributed by atoms with van der Waals surface area (Å²) >= 11 is 0.897. The normalized spacial score (nSPS) is 12.4. The van der Waals surface area contributed by atoms with Crippen LogP contribution in [0.5, 0.6) is 0 Å². The fraction of sp³-hybridized carbons (Fsp3) is 0.286. The van der Waals surface area contributed by atoms with Crippen LogP contribution in [0.1, 0.15) is 17.7 Å². The predicted molar refractivity (Wildman–Crippen MR) is 47.0 cm³/mol. The second-order valence-corrected chi connectivity index (χ2v) is 3.59. The third-order valence-corrected chi connectivity index (χ3v) is 2.81. The van der Waals surface area contributed by atoms with E-state index in [1.807, 2.05) is 0 Å². The molecular formula is C7H7NO4S. The van der Waals surface area contributed by atoms with Gasteiger partial charge in [-0.05, 0) is 13.0 Å². The molecular weight excluding hydrogens is 194 g/mol. The number of carboxylic acid groups (broad SMARTS) is 1. The van der Waals surface area contributed by atoms with E-state index in [-0.39, 0.29) is 5.00 Å². The monoisotopic (exact) mass is 201 g/mol. The van der Waals surface area contributed by atoms with Crippen molar-refractivity contribution in [3.63, 3.8) is 0 Å². The summed E-state index contributed by atoms with van der Waals surface area (Å²) in [5.41, 5.74) is 0. The third kappa shape index (κ3) is 2.03. The van der Waals surface area contributed by atoms with E-state index in [1.54, 1.807) is 0 Å². The molecule has 1 unspecified atom stereocenters. The van der Waals surface area contributed by atoms with Gasteiger partial charge in [-0.2, -0.15) is 0 Å². The Balaban J connectivity index is 2.91. The van der Waals surface area contributed by atoms with E-state index in [4.69, 9.17) is 5.11 Å². The highest BCUT2D eigenvalue weighted by Crippen LogP contribution is 2.29. The van der Waals surface area contributed by atoms with Gasteiger partial charge in [0.1, 0.15) is 0 Å². The van der Waals surface area contributed by atoms with Gasteiger partial charge in [0.2, 0.25) is 0 Å². The molecule has 0 saturated heterocycles. The second kappa shape index (κ2) is 3.53. The topological polar surface area (TPSA) is 80.4 Å². The molecule has 0 bridgehead atoms. The van der Waals surface area contributed by atoms with Crippen molar-refractivity contribution in [3.05, 3.63) is 27.1 Å². The van der Waals surface area contributed by atoms with Crippen molar-refractivity contribution in [1.82, 2.24) is 0 Å². The van der Waals surface area contributed by atoms with Crippen LogP contribution in [-0.4, -0.2) is 16.0 Å². The molecule has 0 radical (unpaired) electrons. The van der Waals surface area contributed by atoms with Crippen LogP contribution < -0.4 is 0 Å². The summed E-state index contributed by atoms with van der Waals surface area (Å²) in [6, 6.07) is 2.79. The Kier molecular flexibility index (Phi) is 2.62. The van der Waals surface area contributed by atoms with Crippen molar-refractivity contribution in [2.75, 3.05) is 0 Å². The zero-order valence-electron chi connectivity index (χ0n) is 6.76. The standard InChI is InChI=1S/C7H7NO4S/c1-4(7(9)10)5-2-3-6(13-5)8(11)12/h2-4H,1H3,(H,9,10). The minimum atomic E-state index is -0.975. The van der Waals surface area contributed by atoms with Crippen LogP contribution >= 0.6 is 11.3 Å². The van der Waals surface area contributed by atoms with Crippen LogP contribution in [0.4, 0.5) is 5.00 Å². The van der Waals surface area contributed by atoms with Gasteiger partial charge in [-0.3, -0.25) is 14.9 Å². The zero-order chi connectivity index (χ0) is 10.0. The molecule has 0 aliphatic heterocycles. The van der Waals surface area contributed by atoms with E-state index < -0.39 is 16.8 Å². The van der Waals surface area contributed by atoms with Gasteiger partial charge in [-0.1, -0.05) is 11.3 Å². The highest BCUT2D eigenvalue weighted by Gasteiger charge is 2.19. The van der Waals surface area contributed by atoms with Gasteiger partial charge in [0.25, 0.3) is 0 Å². The van der Waals surface area contributed by atoms with Crippen molar-refractivity contribution in [2.45, 2.75) is 12.8 Å². The fourth-order valence-electron chi connectivity index (χ4n) is 0.795. The van der Waals surface area contributed by atoms with Crippen molar-refractivity contribution < 1.29 is 14.8 Å². The largest absolute Gasteiger partial charge is 0.481 e. The average molecular weight is 201 g/mol. The molecule has 1 aromatic rings. The minimum absolute atomic E-state index is 0.0249. The van der Waals surface area contributed by atoms with E-state index in [0.717, 1.165) is 11.3 Å². The maximum atomic E-state index is 10.5. The van der Waals surface area contributed by atoms with Crippen LogP contribution in [0.15, 0.2) is 12.1 Å². The van der Waals surface area contributed by atoms with Crippen LogP contribution in [0.25, 0.3) is 0 Å². The Morgan fingerprint density at radius 2 is 2.31 bits per heavy atom. The van der Waals surface area contributed by atoms with E-state index >= 15 is 0 Å². The Hall–Kier alpha value is -1.43.